The predicted octanol–water partition coefficient (Wildman–Crippen LogP) is 5.19. The summed E-state index contributed by atoms with van der Waals surface area (Å²) >= 11 is 0. The predicted molar refractivity (Wildman–Crippen MR) is 131 cm³/mol. The van der Waals surface area contributed by atoms with Crippen molar-refractivity contribution >= 4 is 0 Å². The largest absolute Gasteiger partial charge is 0.491 e. The van der Waals surface area contributed by atoms with E-state index < -0.39 is 6.10 Å². The highest BCUT2D eigenvalue weighted by atomic mass is 16.7. The number of benzene rings is 2. The van der Waals surface area contributed by atoms with E-state index in [4.69, 9.17) is 14.2 Å². The van der Waals surface area contributed by atoms with Crippen molar-refractivity contribution in [2.24, 2.45) is 16.7 Å². The molecule has 5 atom stereocenters. The van der Waals surface area contributed by atoms with Crippen molar-refractivity contribution in [1.29, 1.82) is 0 Å². The van der Waals surface area contributed by atoms with Crippen molar-refractivity contribution in [1.82, 2.24) is 5.32 Å². The van der Waals surface area contributed by atoms with Gasteiger partial charge in [0.05, 0.1) is 0 Å². The lowest BCUT2D eigenvalue weighted by molar-refractivity contribution is -0.110. The minimum Gasteiger partial charge on any atom is -0.491 e. The molecule has 0 saturated heterocycles. The van der Waals surface area contributed by atoms with Gasteiger partial charge in [0.1, 0.15) is 18.5 Å². The van der Waals surface area contributed by atoms with Gasteiger partial charge in [0.15, 0.2) is 11.5 Å². The van der Waals surface area contributed by atoms with E-state index in [-0.39, 0.29) is 13.4 Å². The van der Waals surface area contributed by atoms with Crippen LogP contribution in [0.15, 0.2) is 42.5 Å². The molecule has 34 heavy (non-hydrogen) atoms. The SMILES string of the molecule is C[C@]12CC3CC(c4ccc(OCC(O)CNCc5ccc6c(c5)OCO6)cc4)(C1)C[C@@](C)(C3)C2. The monoisotopic (exact) mass is 463 g/mol. The minimum atomic E-state index is -0.572. The van der Waals surface area contributed by atoms with E-state index in [9.17, 15) is 5.11 Å². The van der Waals surface area contributed by atoms with Crippen LogP contribution in [0, 0.1) is 16.7 Å². The van der Waals surface area contributed by atoms with Gasteiger partial charge in [-0.05, 0) is 96.1 Å². The number of ether oxygens (including phenoxy) is 3. The van der Waals surface area contributed by atoms with Gasteiger partial charge in [0.25, 0.3) is 0 Å². The molecule has 5 nitrogen and oxygen atoms in total. The van der Waals surface area contributed by atoms with Crippen LogP contribution < -0.4 is 19.5 Å². The van der Waals surface area contributed by atoms with E-state index in [0.717, 1.165) is 28.7 Å². The first-order chi connectivity index (χ1) is 16.3. The maximum absolute atomic E-state index is 10.4. The standard InChI is InChI=1S/C29H37NO4/c1-27-10-21-11-28(2,16-27)18-29(12-21,17-27)22-4-6-24(7-5-22)32-15-23(31)14-30-13-20-3-8-25-26(9-20)34-19-33-25/h3-9,21,23,30-31H,10-19H2,1-2H3/t21?,23?,27-,28+,29?. The third-order valence-corrected chi connectivity index (χ3v) is 8.68. The summed E-state index contributed by atoms with van der Waals surface area (Å²) < 4.78 is 16.7. The Kier molecular flexibility index (Phi) is 5.34. The van der Waals surface area contributed by atoms with E-state index in [1.165, 1.54) is 44.1 Å². The average molecular weight is 464 g/mol. The van der Waals surface area contributed by atoms with Gasteiger partial charge in [-0.3, -0.25) is 0 Å². The van der Waals surface area contributed by atoms with E-state index in [1.54, 1.807) is 0 Å². The molecule has 1 aliphatic heterocycles. The number of rotatable bonds is 8. The second-order valence-corrected chi connectivity index (χ2v) is 12.2. The lowest BCUT2D eigenvalue weighted by Gasteiger charge is -2.65. The van der Waals surface area contributed by atoms with Crippen LogP contribution >= 0.6 is 0 Å². The third-order valence-electron chi connectivity index (χ3n) is 8.68. The highest BCUT2D eigenvalue weighted by molar-refractivity contribution is 5.44. The molecule has 2 aromatic carbocycles. The van der Waals surface area contributed by atoms with Crippen molar-refractivity contribution in [3.63, 3.8) is 0 Å². The van der Waals surface area contributed by atoms with Crippen molar-refractivity contribution in [2.75, 3.05) is 19.9 Å². The summed E-state index contributed by atoms with van der Waals surface area (Å²) in [5.74, 6) is 3.29. The number of hydrogen-bond acceptors (Lipinski definition) is 5. The number of aliphatic hydroxyl groups is 1. The lowest BCUT2D eigenvalue weighted by atomic mass is 9.39. The first-order valence-corrected chi connectivity index (χ1v) is 12.8. The summed E-state index contributed by atoms with van der Waals surface area (Å²) in [4.78, 5) is 0. The van der Waals surface area contributed by atoms with E-state index in [2.05, 4.69) is 43.4 Å². The van der Waals surface area contributed by atoms with Crippen LogP contribution in [0.2, 0.25) is 0 Å². The zero-order valence-corrected chi connectivity index (χ0v) is 20.4. The van der Waals surface area contributed by atoms with Gasteiger partial charge >= 0.3 is 0 Å². The summed E-state index contributed by atoms with van der Waals surface area (Å²) in [5.41, 5.74) is 3.97. The van der Waals surface area contributed by atoms with Crippen LogP contribution in [0.1, 0.15) is 63.5 Å². The van der Waals surface area contributed by atoms with Gasteiger partial charge in [-0.25, -0.2) is 0 Å². The highest BCUT2D eigenvalue weighted by Gasteiger charge is 2.60. The fraction of sp³-hybridized carbons (Fsp3) is 0.586. The molecule has 4 fully saturated rings. The molecule has 0 aromatic heterocycles. The van der Waals surface area contributed by atoms with Gasteiger partial charge in [-0.15, -0.1) is 0 Å². The van der Waals surface area contributed by atoms with E-state index >= 15 is 0 Å². The van der Waals surface area contributed by atoms with Crippen molar-refractivity contribution in [2.45, 2.75) is 70.4 Å². The maximum Gasteiger partial charge on any atom is 0.231 e. The van der Waals surface area contributed by atoms with Crippen LogP contribution in [-0.2, 0) is 12.0 Å². The first-order valence-electron chi connectivity index (χ1n) is 12.8. The maximum atomic E-state index is 10.4. The summed E-state index contributed by atoms with van der Waals surface area (Å²) in [6, 6.07) is 14.7. The first kappa shape index (κ1) is 22.2. The summed E-state index contributed by atoms with van der Waals surface area (Å²) in [6.45, 7) is 6.74. The molecular formula is C29H37NO4. The van der Waals surface area contributed by atoms with Gasteiger partial charge in [-0.2, -0.15) is 0 Å². The second kappa shape index (κ2) is 8.17. The van der Waals surface area contributed by atoms with Gasteiger partial charge in [-0.1, -0.05) is 32.0 Å². The summed E-state index contributed by atoms with van der Waals surface area (Å²) in [6.07, 6.45) is 7.70. The molecule has 0 radical (unpaired) electrons. The van der Waals surface area contributed by atoms with Crippen LogP contribution in [0.4, 0.5) is 0 Å². The average Bonchev–Trinajstić information content (AvgIpc) is 3.23. The van der Waals surface area contributed by atoms with Crippen molar-refractivity contribution in [3.8, 4) is 17.2 Å². The topological polar surface area (TPSA) is 60.0 Å². The lowest BCUT2D eigenvalue weighted by Crippen LogP contribution is -2.56. The van der Waals surface area contributed by atoms with E-state index in [1.807, 2.05) is 18.2 Å². The normalized spacial score (nSPS) is 33.8. The van der Waals surface area contributed by atoms with Gasteiger partial charge in [0.2, 0.25) is 6.79 Å². The van der Waals surface area contributed by atoms with Gasteiger partial charge < -0.3 is 24.6 Å². The molecule has 4 saturated carbocycles. The number of fused-ring (bicyclic) bond motifs is 1. The molecule has 4 bridgehead atoms. The molecule has 0 spiro atoms. The molecule has 2 aromatic rings. The second-order valence-electron chi connectivity index (χ2n) is 12.2. The van der Waals surface area contributed by atoms with Crippen LogP contribution in [0.3, 0.4) is 0 Å². The van der Waals surface area contributed by atoms with Crippen molar-refractivity contribution in [3.05, 3.63) is 53.6 Å². The molecule has 182 valence electrons. The fourth-order valence-electron chi connectivity index (χ4n) is 8.36. The Hall–Kier alpha value is -2.24. The molecule has 7 rings (SSSR count). The Balaban J connectivity index is 1.01. The Bertz CT molecular complexity index is 1030. The minimum absolute atomic E-state index is 0.275. The Morgan fingerprint density at radius 3 is 2.44 bits per heavy atom. The molecule has 4 aliphatic carbocycles. The zero-order valence-electron chi connectivity index (χ0n) is 20.4. The zero-order chi connectivity index (χ0) is 23.4. The van der Waals surface area contributed by atoms with Crippen LogP contribution in [0.5, 0.6) is 17.2 Å². The molecule has 1 heterocycles. The van der Waals surface area contributed by atoms with Crippen LogP contribution in [0.25, 0.3) is 0 Å². The molecule has 2 N–H and O–H groups in total. The Morgan fingerprint density at radius 2 is 1.71 bits per heavy atom. The number of nitrogens with one attached hydrogen (secondary N) is 1. The Morgan fingerprint density at radius 1 is 0.971 bits per heavy atom. The highest BCUT2D eigenvalue weighted by Crippen LogP contribution is 2.69. The fourth-order valence-corrected chi connectivity index (χ4v) is 8.36. The molecular weight excluding hydrogens is 426 g/mol. The third kappa shape index (κ3) is 4.18. The molecule has 5 heteroatoms. The number of aliphatic hydroxyl groups excluding tert-OH is 1. The number of hydrogen-bond donors (Lipinski definition) is 2. The van der Waals surface area contributed by atoms with Crippen molar-refractivity contribution < 1.29 is 19.3 Å². The van der Waals surface area contributed by atoms with E-state index in [0.29, 0.717) is 29.3 Å². The molecule has 3 unspecified atom stereocenters. The van der Waals surface area contributed by atoms with Gasteiger partial charge in [0, 0.05) is 13.1 Å². The van der Waals surface area contributed by atoms with Crippen LogP contribution in [-0.4, -0.2) is 31.2 Å². The molecule has 0 amide bonds. The smallest absolute Gasteiger partial charge is 0.231 e. The summed E-state index contributed by atoms with van der Waals surface area (Å²) in [5, 5.41) is 13.7. The quantitative estimate of drug-likeness (QED) is 0.564. The molecule has 5 aliphatic rings. The summed E-state index contributed by atoms with van der Waals surface area (Å²) in [7, 11) is 0. The Labute approximate surface area is 202 Å².